The van der Waals surface area contributed by atoms with Crippen molar-refractivity contribution in [1.82, 2.24) is 10.1 Å². The number of hydrogen-bond acceptors (Lipinski definition) is 6. The van der Waals surface area contributed by atoms with Gasteiger partial charge in [0.1, 0.15) is 17.3 Å². The summed E-state index contributed by atoms with van der Waals surface area (Å²) in [6.07, 6.45) is 0. The van der Waals surface area contributed by atoms with Crippen LogP contribution in [0.3, 0.4) is 0 Å². The summed E-state index contributed by atoms with van der Waals surface area (Å²) in [5.41, 5.74) is 1.48. The fourth-order valence-electron chi connectivity index (χ4n) is 2.41. The number of amides is 1. The van der Waals surface area contributed by atoms with Gasteiger partial charge in [-0.3, -0.25) is 9.00 Å². The number of carbonyl (C=O) groups excluding carboxylic acids is 1. The SMILES string of the molecule is COc1cccc(-c2noc(C[S@@](=O)CC(=O)N(C)c3ccccc3)n2)c1. The molecule has 1 aromatic heterocycles. The van der Waals surface area contributed by atoms with Crippen molar-refractivity contribution in [2.45, 2.75) is 5.75 Å². The number of rotatable bonds is 7. The normalized spacial score (nSPS) is 11.8. The lowest BCUT2D eigenvalue weighted by molar-refractivity contribution is -0.115. The van der Waals surface area contributed by atoms with E-state index in [1.165, 1.54) is 4.90 Å². The van der Waals surface area contributed by atoms with Gasteiger partial charge in [0.2, 0.25) is 17.6 Å². The topological polar surface area (TPSA) is 85.5 Å². The second-order valence-corrected chi connectivity index (χ2v) is 7.22. The molecule has 0 fully saturated rings. The molecule has 140 valence electrons. The highest BCUT2D eigenvalue weighted by Crippen LogP contribution is 2.21. The maximum absolute atomic E-state index is 12.3. The van der Waals surface area contributed by atoms with E-state index in [4.69, 9.17) is 9.26 Å². The van der Waals surface area contributed by atoms with Gasteiger partial charge in [-0.05, 0) is 24.3 Å². The van der Waals surface area contributed by atoms with Crippen molar-refractivity contribution in [3.05, 3.63) is 60.5 Å². The molecule has 0 saturated carbocycles. The van der Waals surface area contributed by atoms with Crippen LogP contribution in [0.1, 0.15) is 5.89 Å². The molecule has 0 aliphatic carbocycles. The molecular formula is C19H19N3O4S. The third kappa shape index (κ3) is 4.79. The number of hydrogen-bond donors (Lipinski definition) is 0. The lowest BCUT2D eigenvalue weighted by Gasteiger charge is -2.16. The molecule has 1 atom stereocenters. The van der Waals surface area contributed by atoms with Crippen LogP contribution in [0.25, 0.3) is 11.4 Å². The fraction of sp³-hybridized carbons (Fsp3) is 0.211. The van der Waals surface area contributed by atoms with Gasteiger partial charge in [0.05, 0.1) is 7.11 Å². The first kappa shape index (κ1) is 18.8. The summed E-state index contributed by atoms with van der Waals surface area (Å²) in [5.74, 6) is 0.937. The number of nitrogens with zero attached hydrogens (tertiary/aromatic N) is 3. The van der Waals surface area contributed by atoms with E-state index in [1.54, 1.807) is 20.2 Å². The maximum Gasteiger partial charge on any atom is 0.239 e. The van der Waals surface area contributed by atoms with Crippen LogP contribution < -0.4 is 9.64 Å². The first-order chi connectivity index (χ1) is 13.1. The zero-order valence-corrected chi connectivity index (χ0v) is 15.8. The van der Waals surface area contributed by atoms with E-state index in [2.05, 4.69) is 10.1 Å². The number of methoxy groups -OCH3 is 1. The van der Waals surface area contributed by atoms with Gasteiger partial charge in [0.15, 0.2) is 0 Å². The first-order valence-corrected chi connectivity index (χ1v) is 9.69. The van der Waals surface area contributed by atoms with Crippen LogP contribution >= 0.6 is 0 Å². The zero-order chi connectivity index (χ0) is 19.2. The molecule has 0 N–H and O–H groups in total. The lowest BCUT2D eigenvalue weighted by Crippen LogP contribution is -2.31. The average Bonchev–Trinajstić information content (AvgIpc) is 3.16. The molecule has 3 rings (SSSR count). The molecule has 1 heterocycles. The molecule has 3 aromatic rings. The minimum Gasteiger partial charge on any atom is -0.497 e. The van der Waals surface area contributed by atoms with Crippen molar-refractivity contribution >= 4 is 22.4 Å². The van der Waals surface area contributed by atoms with Crippen LogP contribution in [-0.2, 0) is 21.3 Å². The summed E-state index contributed by atoms with van der Waals surface area (Å²) in [4.78, 5) is 18.0. The van der Waals surface area contributed by atoms with Crippen LogP contribution in [0.4, 0.5) is 5.69 Å². The van der Waals surface area contributed by atoms with Crippen molar-refractivity contribution in [3.63, 3.8) is 0 Å². The number of aromatic nitrogens is 2. The van der Waals surface area contributed by atoms with Crippen LogP contribution in [0.15, 0.2) is 59.1 Å². The molecule has 27 heavy (non-hydrogen) atoms. The van der Waals surface area contributed by atoms with Gasteiger partial charge in [0.25, 0.3) is 0 Å². The molecule has 0 aliphatic rings. The monoisotopic (exact) mass is 385 g/mol. The first-order valence-electron chi connectivity index (χ1n) is 8.20. The third-order valence-electron chi connectivity index (χ3n) is 3.88. The summed E-state index contributed by atoms with van der Waals surface area (Å²) in [7, 11) is 1.78. The Balaban J connectivity index is 1.61. The highest BCUT2D eigenvalue weighted by Gasteiger charge is 2.17. The van der Waals surface area contributed by atoms with E-state index in [0.717, 1.165) is 11.3 Å². The molecule has 1 amide bonds. The summed E-state index contributed by atoms with van der Waals surface area (Å²) in [5, 5.41) is 3.91. The number of anilines is 1. The minimum atomic E-state index is -1.46. The predicted octanol–water partition coefficient (Wildman–Crippen LogP) is 2.66. The van der Waals surface area contributed by atoms with Gasteiger partial charge in [-0.25, -0.2) is 0 Å². The van der Waals surface area contributed by atoms with Gasteiger partial charge >= 0.3 is 0 Å². The lowest BCUT2D eigenvalue weighted by atomic mass is 10.2. The average molecular weight is 385 g/mol. The Morgan fingerprint density at radius 2 is 1.96 bits per heavy atom. The summed E-state index contributed by atoms with van der Waals surface area (Å²) >= 11 is 0. The van der Waals surface area contributed by atoms with Crippen LogP contribution in [0.5, 0.6) is 5.75 Å². The highest BCUT2D eigenvalue weighted by atomic mass is 32.2. The van der Waals surface area contributed by atoms with Crippen molar-refractivity contribution in [2.24, 2.45) is 0 Å². The van der Waals surface area contributed by atoms with Crippen molar-refractivity contribution in [3.8, 4) is 17.1 Å². The number of benzene rings is 2. The van der Waals surface area contributed by atoms with E-state index in [0.29, 0.717) is 11.6 Å². The Morgan fingerprint density at radius 1 is 1.19 bits per heavy atom. The molecule has 8 heteroatoms. The van der Waals surface area contributed by atoms with E-state index in [-0.39, 0.29) is 23.3 Å². The van der Waals surface area contributed by atoms with Gasteiger partial charge < -0.3 is 14.2 Å². The fourth-order valence-corrected chi connectivity index (χ4v) is 3.38. The predicted molar refractivity (Wildman–Crippen MR) is 103 cm³/mol. The second-order valence-electron chi connectivity index (χ2n) is 5.76. The summed E-state index contributed by atoms with van der Waals surface area (Å²) in [6.45, 7) is 0. The number of ether oxygens (including phenoxy) is 1. The Bertz CT molecular complexity index is 943. The molecule has 0 aliphatic heterocycles. The van der Waals surface area contributed by atoms with E-state index in [9.17, 15) is 9.00 Å². The Morgan fingerprint density at radius 3 is 2.70 bits per heavy atom. The Labute approximate surface area is 159 Å². The highest BCUT2D eigenvalue weighted by molar-refractivity contribution is 7.84. The zero-order valence-electron chi connectivity index (χ0n) is 15.0. The van der Waals surface area contributed by atoms with E-state index >= 15 is 0 Å². The molecule has 7 nitrogen and oxygen atoms in total. The standard InChI is InChI=1S/C19H19N3O4S/c1-22(15-8-4-3-5-9-15)18(23)13-27(24)12-17-20-19(21-26-17)14-7-6-10-16(11-14)25-2/h3-11H,12-13H2,1-2H3/t27-/m1/s1. The number of para-hydroxylation sites is 1. The van der Waals surface area contributed by atoms with Crippen LogP contribution in [0, 0.1) is 0 Å². The molecule has 0 bridgehead atoms. The summed E-state index contributed by atoms with van der Waals surface area (Å²) in [6, 6.07) is 16.4. The molecule has 2 aromatic carbocycles. The van der Waals surface area contributed by atoms with Crippen LogP contribution in [-0.4, -0.2) is 40.2 Å². The van der Waals surface area contributed by atoms with Crippen molar-refractivity contribution in [2.75, 3.05) is 24.8 Å². The number of carbonyl (C=O) groups is 1. The largest absolute Gasteiger partial charge is 0.497 e. The van der Waals surface area contributed by atoms with E-state index in [1.807, 2.05) is 48.5 Å². The third-order valence-corrected chi connectivity index (χ3v) is 5.02. The Kier molecular flexibility index (Phi) is 5.97. The van der Waals surface area contributed by atoms with Gasteiger partial charge in [-0.15, -0.1) is 0 Å². The molecule has 0 unspecified atom stereocenters. The van der Waals surface area contributed by atoms with Gasteiger partial charge in [0, 0.05) is 29.1 Å². The second kappa shape index (κ2) is 8.59. The van der Waals surface area contributed by atoms with Crippen LogP contribution in [0.2, 0.25) is 0 Å². The maximum atomic E-state index is 12.3. The Hall–Kier alpha value is -3.00. The summed E-state index contributed by atoms with van der Waals surface area (Å²) < 4.78 is 22.7. The molecule has 0 saturated heterocycles. The smallest absolute Gasteiger partial charge is 0.239 e. The van der Waals surface area contributed by atoms with Crippen molar-refractivity contribution < 1.29 is 18.3 Å². The quantitative estimate of drug-likeness (QED) is 0.622. The van der Waals surface area contributed by atoms with Crippen molar-refractivity contribution in [1.29, 1.82) is 0 Å². The molecule has 0 radical (unpaired) electrons. The molecule has 0 spiro atoms. The van der Waals surface area contributed by atoms with Gasteiger partial charge in [-0.2, -0.15) is 4.98 Å². The van der Waals surface area contributed by atoms with Gasteiger partial charge in [-0.1, -0.05) is 35.5 Å². The van der Waals surface area contributed by atoms with E-state index < -0.39 is 10.8 Å². The molecular weight excluding hydrogens is 366 g/mol. The minimum absolute atomic E-state index is 0.0192.